The minimum absolute atomic E-state index is 0.0245. The van der Waals surface area contributed by atoms with Crippen molar-refractivity contribution < 1.29 is 13.2 Å². The minimum atomic E-state index is -3.11. The molecule has 1 aliphatic rings. The smallest absolute Gasteiger partial charge is 0.212 e. The maximum Gasteiger partial charge on any atom is 0.212 e. The highest BCUT2D eigenvalue weighted by Gasteiger charge is 2.24. The molecule has 1 atom stereocenters. The third kappa shape index (κ3) is 2.42. The van der Waals surface area contributed by atoms with Crippen LogP contribution in [0.15, 0.2) is 36.0 Å². The molecular formula is C12H12N4O3S. The Hall–Kier alpha value is -2.22. The molecule has 0 aromatic carbocycles. The van der Waals surface area contributed by atoms with Crippen molar-refractivity contribution in [1.82, 2.24) is 20.0 Å². The molecule has 2 aromatic rings. The van der Waals surface area contributed by atoms with Crippen LogP contribution in [0, 0.1) is 0 Å². The molecule has 0 spiro atoms. The van der Waals surface area contributed by atoms with Gasteiger partial charge < -0.3 is 4.74 Å². The van der Waals surface area contributed by atoms with E-state index in [-0.39, 0.29) is 11.8 Å². The summed E-state index contributed by atoms with van der Waals surface area (Å²) in [6.45, 7) is 0. The van der Waals surface area contributed by atoms with Crippen LogP contribution in [0.4, 0.5) is 0 Å². The number of nitrogens with zero attached hydrogens (tertiary/aromatic N) is 4. The third-order valence-electron chi connectivity index (χ3n) is 3.00. The van der Waals surface area contributed by atoms with Gasteiger partial charge in [-0.05, 0) is 12.1 Å². The zero-order valence-corrected chi connectivity index (χ0v) is 11.5. The van der Waals surface area contributed by atoms with Gasteiger partial charge in [-0.15, -0.1) is 5.10 Å². The summed E-state index contributed by atoms with van der Waals surface area (Å²) in [4.78, 5) is 4.09. The van der Waals surface area contributed by atoms with Gasteiger partial charge in [-0.1, -0.05) is 5.21 Å². The average molecular weight is 292 g/mol. The quantitative estimate of drug-likeness (QED) is 0.833. The molecule has 3 rings (SSSR count). The van der Waals surface area contributed by atoms with E-state index in [9.17, 15) is 8.42 Å². The van der Waals surface area contributed by atoms with E-state index in [1.807, 2.05) is 6.07 Å². The number of pyridine rings is 1. The van der Waals surface area contributed by atoms with E-state index in [1.54, 1.807) is 36.3 Å². The molecule has 1 aliphatic heterocycles. The second kappa shape index (κ2) is 4.71. The lowest BCUT2D eigenvalue weighted by Crippen LogP contribution is -2.12. The monoisotopic (exact) mass is 292 g/mol. The van der Waals surface area contributed by atoms with Crippen LogP contribution < -0.4 is 4.74 Å². The summed E-state index contributed by atoms with van der Waals surface area (Å²) in [7, 11) is -1.56. The largest absolute Gasteiger partial charge is 0.481 e. The maximum atomic E-state index is 11.4. The topological polar surface area (TPSA) is 87.0 Å². The van der Waals surface area contributed by atoms with Crippen LogP contribution >= 0.6 is 0 Å². The number of rotatable bonds is 3. The second-order valence-corrected chi connectivity index (χ2v) is 6.33. The van der Waals surface area contributed by atoms with Crippen LogP contribution in [0.2, 0.25) is 0 Å². The van der Waals surface area contributed by atoms with Gasteiger partial charge in [-0.3, -0.25) is 0 Å². The van der Waals surface area contributed by atoms with E-state index in [4.69, 9.17) is 4.74 Å². The van der Waals surface area contributed by atoms with E-state index in [0.717, 1.165) is 5.56 Å². The summed E-state index contributed by atoms with van der Waals surface area (Å²) < 4.78 is 29.3. The van der Waals surface area contributed by atoms with E-state index in [2.05, 4.69) is 15.3 Å². The summed E-state index contributed by atoms with van der Waals surface area (Å²) in [5.74, 6) is 0.544. The van der Waals surface area contributed by atoms with E-state index >= 15 is 0 Å². The highest BCUT2D eigenvalue weighted by Crippen LogP contribution is 2.22. The van der Waals surface area contributed by atoms with Crippen molar-refractivity contribution in [1.29, 1.82) is 0 Å². The number of hydrogen-bond acceptors (Lipinski definition) is 6. The molecule has 1 unspecified atom stereocenters. The SMILES string of the molecule is COc1ccc(-c2cn(C3C=CS(=O)(=O)C3)nn2)cn1. The molecule has 0 fully saturated rings. The second-order valence-electron chi connectivity index (χ2n) is 4.40. The fraction of sp³-hybridized carbons (Fsp3) is 0.250. The fourth-order valence-electron chi connectivity index (χ4n) is 1.95. The zero-order valence-electron chi connectivity index (χ0n) is 10.7. The lowest BCUT2D eigenvalue weighted by atomic mass is 10.2. The maximum absolute atomic E-state index is 11.4. The molecule has 0 saturated heterocycles. The van der Waals surface area contributed by atoms with Gasteiger partial charge in [0.15, 0.2) is 9.84 Å². The average Bonchev–Trinajstić information content (AvgIpc) is 3.05. The predicted molar refractivity (Wildman–Crippen MR) is 71.8 cm³/mol. The molecule has 0 radical (unpaired) electrons. The molecule has 0 N–H and O–H groups in total. The molecule has 8 heteroatoms. The molecule has 104 valence electrons. The van der Waals surface area contributed by atoms with Crippen molar-refractivity contribution in [2.45, 2.75) is 6.04 Å². The molecule has 0 saturated carbocycles. The van der Waals surface area contributed by atoms with E-state index < -0.39 is 9.84 Å². The van der Waals surface area contributed by atoms with Gasteiger partial charge in [0.1, 0.15) is 5.69 Å². The standard InChI is InChI=1S/C12H12N4O3S/c1-19-12-3-2-9(6-13-12)11-7-16(15-14-11)10-4-5-20(17,18)8-10/h2-7,10H,8H2,1H3. The number of sulfone groups is 1. The van der Waals surface area contributed by atoms with Crippen molar-refractivity contribution in [2.24, 2.45) is 0 Å². The number of ether oxygens (including phenoxy) is 1. The highest BCUT2D eigenvalue weighted by molar-refractivity contribution is 7.94. The number of hydrogen-bond donors (Lipinski definition) is 0. The minimum Gasteiger partial charge on any atom is -0.481 e. The fourth-order valence-corrected chi connectivity index (χ4v) is 3.22. The Morgan fingerprint density at radius 3 is 2.85 bits per heavy atom. The van der Waals surface area contributed by atoms with E-state index in [0.29, 0.717) is 11.6 Å². The van der Waals surface area contributed by atoms with Gasteiger partial charge in [0.25, 0.3) is 0 Å². The summed E-state index contributed by atoms with van der Waals surface area (Å²) in [6, 6.07) is 3.25. The van der Waals surface area contributed by atoms with Gasteiger partial charge in [0.05, 0.1) is 25.1 Å². The van der Waals surface area contributed by atoms with Crippen LogP contribution in [-0.2, 0) is 9.84 Å². The molecule has 0 amide bonds. The van der Waals surface area contributed by atoms with Crippen LogP contribution in [0.1, 0.15) is 6.04 Å². The molecule has 3 heterocycles. The first kappa shape index (κ1) is 12.8. The summed E-state index contributed by atoms with van der Waals surface area (Å²) in [5, 5.41) is 9.23. The van der Waals surface area contributed by atoms with Gasteiger partial charge >= 0.3 is 0 Å². The number of aromatic nitrogens is 4. The van der Waals surface area contributed by atoms with Crippen molar-refractivity contribution in [2.75, 3.05) is 12.9 Å². The normalized spacial score (nSPS) is 20.1. The molecule has 0 bridgehead atoms. The van der Waals surface area contributed by atoms with Crippen LogP contribution in [-0.4, -0.2) is 41.3 Å². The lowest BCUT2D eigenvalue weighted by Gasteiger charge is -2.04. The molecule has 7 nitrogen and oxygen atoms in total. The third-order valence-corrected chi connectivity index (χ3v) is 4.38. The highest BCUT2D eigenvalue weighted by atomic mass is 32.2. The van der Waals surface area contributed by atoms with Gasteiger partial charge in [0, 0.05) is 23.2 Å². The Morgan fingerprint density at radius 2 is 2.25 bits per heavy atom. The lowest BCUT2D eigenvalue weighted by molar-refractivity contribution is 0.398. The molecule has 20 heavy (non-hydrogen) atoms. The summed E-state index contributed by atoms with van der Waals surface area (Å²) in [5.41, 5.74) is 1.43. The Morgan fingerprint density at radius 1 is 1.40 bits per heavy atom. The van der Waals surface area contributed by atoms with Crippen molar-refractivity contribution >= 4 is 9.84 Å². The van der Waals surface area contributed by atoms with Gasteiger partial charge in [-0.25, -0.2) is 18.1 Å². The number of methoxy groups -OCH3 is 1. The first-order valence-electron chi connectivity index (χ1n) is 5.90. The first-order valence-corrected chi connectivity index (χ1v) is 7.62. The van der Waals surface area contributed by atoms with Crippen molar-refractivity contribution in [3.63, 3.8) is 0 Å². The Labute approximate surface area is 115 Å². The van der Waals surface area contributed by atoms with Crippen LogP contribution in [0.3, 0.4) is 0 Å². The van der Waals surface area contributed by atoms with Crippen LogP contribution in [0.5, 0.6) is 5.88 Å². The zero-order chi connectivity index (χ0) is 14.2. The Bertz CT molecular complexity index is 749. The molecule has 0 aliphatic carbocycles. The Kier molecular flexibility index (Phi) is 3.01. The predicted octanol–water partition coefficient (Wildman–Crippen LogP) is 0.832. The first-order chi connectivity index (χ1) is 9.57. The summed E-state index contributed by atoms with van der Waals surface area (Å²) in [6.07, 6.45) is 4.95. The molecular weight excluding hydrogens is 280 g/mol. The Balaban J connectivity index is 1.85. The van der Waals surface area contributed by atoms with Crippen molar-refractivity contribution in [3.8, 4) is 17.1 Å². The van der Waals surface area contributed by atoms with Crippen molar-refractivity contribution in [3.05, 3.63) is 36.0 Å². The van der Waals surface area contributed by atoms with Crippen LogP contribution in [0.25, 0.3) is 11.3 Å². The number of allylic oxidation sites excluding steroid dienone is 1. The van der Waals surface area contributed by atoms with Gasteiger partial charge in [-0.2, -0.15) is 0 Å². The molecule has 2 aromatic heterocycles. The van der Waals surface area contributed by atoms with E-state index in [1.165, 1.54) is 5.41 Å². The van der Waals surface area contributed by atoms with Gasteiger partial charge in [0.2, 0.25) is 5.88 Å². The summed E-state index contributed by atoms with van der Waals surface area (Å²) >= 11 is 0.